The van der Waals surface area contributed by atoms with E-state index in [0.29, 0.717) is 13.1 Å². The number of carbonyl (C=O) groups excluding carboxylic acids is 1. The Bertz CT molecular complexity index is 437. The van der Waals surface area contributed by atoms with Gasteiger partial charge in [0.2, 0.25) is 5.91 Å². The summed E-state index contributed by atoms with van der Waals surface area (Å²) in [6, 6.07) is 4.76. The lowest BCUT2D eigenvalue weighted by Crippen LogP contribution is -2.39. The number of halogens is 2. The molecule has 19 heavy (non-hydrogen) atoms. The van der Waals surface area contributed by atoms with Crippen molar-refractivity contribution in [2.45, 2.75) is 33.4 Å². The van der Waals surface area contributed by atoms with E-state index in [4.69, 9.17) is 0 Å². The smallest absolute Gasteiger partial charge is 0.234 e. The van der Waals surface area contributed by atoms with Gasteiger partial charge in [0.15, 0.2) is 0 Å². The second-order valence-corrected chi connectivity index (χ2v) is 5.62. The maximum atomic E-state index is 13.0. The summed E-state index contributed by atoms with van der Waals surface area (Å²) in [6.45, 7) is 7.59. The Kier molecular flexibility index (Phi) is 6.45. The summed E-state index contributed by atoms with van der Waals surface area (Å²) in [7, 11) is 0. The van der Waals surface area contributed by atoms with Gasteiger partial charge in [-0.1, -0.05) is 28.9 Å². The first-order valence-electron chi connectivity index (χ1n) is 6.38. The minimum absolute atomic E-state index is 0.00934. The normalized spacial score (nSPS) is 11.1. The van der Waals surface area contributed by atoms with Crippen LogP contribution in [0.2, 0.25) is 0 Å². The van der Waals surface area contributed by atoms with Crippen LogP contribution in [0.1, 0.15) is 26.3 Å². The number of nitrogens with zero attached hydrogens (tertiary/aromatic N) is 1. The van der Waals surface area contributed by atoms with Gasteiger partial charge in [0.05, 0.1) is 6.54 Å². The molecular weight excluding hydrogens is 311 g/mol. The summed E-state index contributed by atoms with van der Waals surface area (Å²) >= 11 is 3.34. The van der Waals surface area contributed by atoms with Gasteiger partial charge in [-0.15, -0.1) is 0 Å². The maximum Gasteiger partial charge on any atom is 0.234 e. The molecule has 1 amide bonds. The average Bonchev–Trinajstić information content (AvgIpc) is 2.30. The minimum Gasteiger partial charge on any atom is -0.353 e. The number of rotatable bonds is 6. The van der Waals surface area contributed by atoms with Gasteiger partial charge in [0.25, 0.3) is 0 Å². The van der Waals surface area contributed by atoms with Gasteiger partial charge < -0.3 is 5.32 Å². The Hall–Kier alpha value is -0.940. The molecule has 0 aliphatic carbocycles. The SMILES string of the molecule is CCN(CC(=O)NC(C)C)Cc1ccc(F)cc1Br. The highest BCUT2D eigenvalue weighted by molar-refractivity contribution is 9.10. The molecule has 0 spiro atoms. The third-order valence-electron chi connectivity index (χ3n) is 2.67. The zero-order chi connectivity index (χ0) is 14.4. The molecule has 0 atom stereocenters. The van der Waals surface area contributed by atoms with Crippen LogP contribution in [0.3, 0.4) is 0 Å². The van der Waals surface area contributed by atoms with Gasteiger partial charge >= 0.3 is 0 Å². The molecule has 5 heteroatoms. The molecule has 0 aliphatic rings. The molecule has 0 fully saturated rings. The number of hydrogen-bond donors (Lipinski definition) is 1. The quantitative estimate of drug-likeness (QED) is 0.869. The summed E-state index contributed by atoms with van der Waals surface area (Å²) in [5.41, 5.74) is 0.973. The van der Waals surface area contributed by atoms with Crippen LogP contribution in [0.5, 0.6) is 0 Å². The first-order chi connectivity index (χ1) is 8.92. The summed E-state index contributed by atoms with van der Waals surface area (Å²) in [4.78, 5) is 13.7. The van der Waals surface area contributed by atoms with Crippen LogP contribution in [0.25, 0.3) is 0 Å². The number of carbonyl (C=O) groups is 1. The van der Waals surface area contributed by atoms with E-state index in [9.17, 15) is 9.18 Å². The molecule has 1 aromatic carbocycles. The van der Waals surface area contributed by atoms with E-state index >= 15 is 0 Å². The Morgan fingerprint density at radius 1 is 1.47 bits per heavy atom. The Balaban J connectivity index is 2.63. The highest BCUT2D eigenvalue weighted by Crippen LogP contribution is 2.19. The molecule has 1 aromatic rings. The van der Waals surface area contributed by atoms with Gasteiger partial charge in [0, 0.05) is 17.1 Å². The lowest BCUT2D eigenvalue weighted by molar-refractivity contribution is -0.122. The van der Waals surface area contributed by atoms with Crippen LogP contribution < -0.4 is 5.32 Å². The van der Waals surface area contributed by atoms with Crippen molar-refractivity contribution in [2.75, 3.05) is 13.1 Å². The number of likely N-dealkylation sites (N-methyl/N-ethyl adjacent to an activating group) is 1. The summed E-state index contributed by atoms with van der Waals surface area (Å²) in [5.74, 6) is -0.258. The van der Waals surface area contributed by atoms with Gasteiger partial charge in [-0.05, 0) is 38.1 Å². The fraction of sp³-hybridized carbons (Fsp3) is 0.500. The van der Waals surface area contributed by atoms with Crippen molar-refractivity contribution >= 4 is 21.8 Å². The van der Waals surface area contributed by atoms with Crippen molar-refractivity contribution in [1.29, 1.82) is 0 Å². The highest BCUT2D eigenvalue weighted by Gasteiger charge is 2.12. The van der Waals surface area contributed by atoms with Gasteiger partial charge in [-0.25, -0.2) is 4.39 Å². The van der Waals surface area contributed by atoms with E-state index in [1.165, 1.54) is 12.1 Å². The van der Waals surface area contributed by atoms with Crippen molar-refractivity contribution in [3.05, 3.63) is 34.1 Å². The number of amides is 1. The van der Waals surface area contributed by atoms with E-state index in [0.717, 1.165) is 16.6 Å². The van der Waals surface area contributed by atoms with Crippen LogP contribution in [0.4, 0.5) is 4.39 Å². The molecule has 0 heterocycles. The van der Waals surface area contributed by atoms with Gasteiger partial charge in [0.1, 0.15) is 5.82 Å². The second kappa shape index (κ2) is 7.60. The van der Waals surface area contributed by atoms with Crippen molar-refractivity contribution < 1.29 is 9.18 Å². The standard InChI is InChI=1S/C14H20BrFN2O/c1-4-18(9-14(19)17-10(2)3)8-11-5-6-12(16)7-13(11)15/h5-7,10H,4,8-9H2,1-3H3,(H,17,19). The van der Waals surface area contributed by atoms with Crippen molar-refractivity contribution in [3.63, 3.8) is 0 Å². The van der Waals surface area contributed by atoms with Crippen molar-refractivity contribution in [3.8, 4) is 0 Å². The Labute approximate surface area is 122 Å². The zero-order valence-electron chi connectivity index (χ0n) is 11.5. The van der Waals surface area contributed by atoms with E-state index < -0.39 is 0 Å². The summed E-state index contributed by atoms with van der Waals surface area (Å²) < 4.78 is 13.7. The number of benzene rings is 1. The van der Waals surface area contributed by atoms with Crippen molar-refractivity contribution in [2.24, 2.45) is 0 Å². The average molecular weight is 331 g/mol. The molecule has 0 radical (unpaired) electrons. The predicted molar refractivity (Wildman–Crippen MR) is 78.3 cm³/mol. The fourth-order valence-electron chi connectivity index (χ4n) is 1.74. The molecule has 0 aliphatic heterocycles. The minimum atomic E-state index is -0.267. The lowest BCUT2D eigenvalue weighted by Gasteiger charge is -2.21. The fourth-order valence-corrected chi connectivity index (χ4v) is 2.22. The Morgan fingerprint density at radius 3 is 2.68 bits per heavy atom. The Morgan fingerprint density at radius 2 is 2.16 bits per heavy atom. The first-order valence-corrected chi connectivity index (χ1v) is 7.17. The maximum absolute atomic E-state index is 13.0. The van der Waals surface area contributed by atoms with Crippen molar-refractivity contribution in [1.82, 2.24) is 10.2 Å². The van der Waals surface area contributed by atoms with E-state index in [1.54, 1.807) is 6.07 Å². The molecule has 0 saturated carbocycles. The van der Waals surface area contributed by atoms with Crippen LogP contribution >= 0.6 is 15.9 Å². The van der Waals surface area contributed by atoms with Crippen LogP contribution in [-0.4, -0.2) is 29.9 Å². The molecule has 3 nitrogen and oxygen atoms in total. The topological polar surface area (TPSA) is 32.3 Å². The van der Waals surface area contributed by atoms with Crippen LogP contribution in [0, 0.1) is 5.82 Å². The molecule has 0 bridgehead atoms. The van der Waals surface area contributed by atoms with Crippen LogP contribution in [-0.2, 0) is 11.3 Å². The van der Waals surface area contributed by atoms with E-state index in [2.05, 4.69) is 21.2 Å². The highest BCUT2D eigenvalue weighted by atomic mass is 79.9. The second-order valence-electron chi connectivity index (χ2n) is 4.76. The van der Waals surface area contributed by atoms with Gasteiger partial charge in [-0.2, -0.15) is 0 Å². The van der Waals surface area contributed by atoms with Gasteiger partial charge in [-0.3, -0.25) is 9.69 Å². The van der Waals surface area contributed by atoms with Crippen LogP contribution in [0.15, 0.2) is 22.7 Å². The third kappa shape index (κ3) is 5.70. The summed E-state index contributed by atoms with van der Waals surface area (Å²) in [6.07, 6.45) is 0. The first kappa shape index (κ1) is 16.1. The molecular formula is C14H20BrFN2O. The number of hydrogen-bond acceptors (Lipinski definition) is 2. The third-order valence-corrected chi connectivity index (χ3v) is 3.41. The predicted octanol–water partition coefficient (Wildman–Crippen LogP) is 2.93. The van der Waals surface area contributed by atoms with E-state index in [1.807, 2.05) is 25.7 Å². The zero-order valence-corrected chi connectivity index (χ0v) is 13.1. The largest absolute Gasteiger partial charge is 0.353 e. The molecule has 106 valence electrons. The summed E-state index contributed by atoms with van der Waals surface area (Å²) in [5, 5.41) is 2.86. The number of nitrogens with one attached hydrogen (secondary N) is 1. The molecule has 0 saturated heterocycles. The lowest BCUT2D eigenvalue weighted by atomic mass is 10.2. The molecule has 1 rings (SSSR count). The molecule has 0 aromatic heterocycles. The molecule has 0 unspecified atom stereocenters. The monoisotopic (exact) mass is 330 g/mol. The molecule has 1 N–H and O–H groups in total. The van der Waals surface area contributed by atoms with E-state index in [-0.39, 0.29) is 17.8 Å².